The third kappa shape index (κ3) is 11.8. The first-order chi connectivity index (χ1) is 12.8. The van der Waals surface area contributed by atoms with Crippen molar-refractivity contribution in [3.05, 3.63) is 24.3 Å². The van der Waals surface area contributed by atoms with E-state index >= 15 is 0 Å². The summed E-state index contributed by atoms with van der Waals surface area (Å²) >= 11 is -2.61. The van der Waals surface area contributed by atoms with Crippen LogP contribution in [0.5, 0.6) is 11.5 Å². The molecule has 0 N–H and O–H groups in total. The first-order valence-electron chi connectivity index (χ1n) is 9.73. The maximum Gasteiger partial charge on any atom is 0.311 e. The highest BCUT2D eigenvalue weighted by molar-refractivity contribution is 7.74. The Balaban J connectivity index is 2.22. The second kappa shape index (κ2) is 12.9. The molecule has 0 saturated carbocycles. The van der Waals surface area contributed by atoms with Gasteiger partial charge in [-0.2, -0.15) is 0 Å². The van der Waals surface area contributed by atoms with Gasteiger partial charge in [-0.25, -0.2) is 4.21 Å². The Hall–Kier alpha value is -1.44. The summed E-state index contributed by atoms with van der Waals surface area (Å²) in [6.45, 7) is 4.29. The van der Waals surface area contributed by atoms with E-state index in [0.717, 1.165) is 24.0 Å². The zero-order valence-electron chi connectivity index (χ0n) is 16.8. The number of rotatable bonds is 14. The smallest absolute Gasteiger partial charge is 0.311 e. The molecule has 0 bridgehead atoms. The van der Waals surface area contributed by atoms with Crippen LogP contribution < -0.4 is 8.92 Å². The quantitative estimate of drug-likeness (QED) is 0.155. The summed E-state index contributed by atoms with van der Waals surface area (Å²) in [6.07, 6.45) is 8.89. The molecule has 1 aromatic rings. The van der Waals surface area contributed by atoms with Gasteiger partial charge in [-0.1, -0.05) is 32.6 Å². The third-order valence-electron chi connectivity index (χ3n) is 4.48. The van der Waals surface area contributed by atoms with Crippen LogP contribution in [0, 0.1) is 0 Å². The number of ether oxygens (including phenoxy) is 1. The topological polar surface area (TPSA) is 75.7 Å². The number of benzene rings is 1. The molecule has 7 heteroatoms. The molecule has 0 fully saturated rings. The van der Waals surface area contributed by atoms with Gasteiger partial charge in [0, 0.05) is 6.42 Å². The summed E-state index contributed by atoms with van der Waals surface area (Å²) in [7, 11) is 4.41. The van der Waals surface area contributed by atoms with Crippen molar-refractivity contribution in [3.63, 3.8) is 0 Å². The monoisotopic (exact) mass is 399 g/mol. The summed E-state index contributed by atoms with van der Waals surface area (Å²) in [6, 6.07) is 5.91. The van der Waals surface area contributed by atoms with Crippen LogP contribution in [-0.2, 0) is 16.2 Å². The molecule has 0 saturated heterocycles. The van der Waals surface area contributed by atoms with Gasteiger partial charge in [0.15, 0.2) is 0 Å². The van der Waals surface area contributed by atoms with E-state index in [1.54, 1.807) is 0 Å². The van der Waals surface area contributed by atoms with Gasteiger partial charge in [0.05, 0.1) is 33.6 Å². The van der Waals surface area contributed by atoms with Gasteiger partial charge in [-0.05, 0) is 37.1 Å². The van der Waals surface area contributed by atoms with Crippen molar-refractivity contribution in [2.75, 3.05) is 27.2 Å². The van der Waals surface area contributed by atoms with Crippen LogP contribution in [0.15, 0.2) is 24.3 Å². The predicted octanol–water partition coefficient (Wildman–Crippen LogP) is 3.98. The lowest BCUT2D eigenvalue weighted by Gasteiger charge is -2.29. The van der Waals surface area contributed by atoms with E-state index in [1.165, 1.54) is 62.8 Å². The fraction of sp³-hybridized carbons (Fsp3) is 0.650. The fourth-order valence-corrected chi connectivity index (χ4v) is 3.18. The van der Waals surface area contributed by atoms with Crippen molar-refractivity contribution in [2.24, 2.45) is 0 Å². The van der Waals surface area contributed by atoms with Gasteiger partial charge in [-0.3, -0.25) is 4.79 Å². The zero-order chi connectivity index (χ0) is 20.1. The van der Waals surface area contributed by atoms with Crippen molar-refractivity contribution in [2.45, 2.75) is 58.3 Å². The van der Waals surface area contributed by atoms with Crippen molar-refractivity contribution >= 4 is 17.3 Å². The highest BCUT2D eigenvalue weighted by Crippen LogP contribution is 2.19. The number of hydrogen-bond donors (Lipinski definition) is 0. The van der Waals surface area contributed by atoms with Gasteiger partial charge in [0.25, 0.3) is 0 Å². The molecule has 0 aliphatic carbocycles. The van der Waals surface area contributed by atoms with Crippen LogP contribution in [0.3, 0.4) is 0 Å². The molecule has 154 valence electrons. The van der Waals surface area contributed by atoms with E-state index in [9.17, 15) is 13.6 Å². The third-order valence-corrected chi connectivity index (χ3v) is 4.81. The molecule has 1 unspecified atom stereocenters. The lowest BCUT2D eigenvalue weighted by molar-refractivity contribution is -0.890. The number of nitrogens with zero attached hydrogens (tertiary/aromatic N) is 1. The Bertz CT molecular complexity index is 574. The number of carbonyl (C=O) groups excluding carboxylic acids is 1. The number of quaternary nitrogens is 1. The van der Waals surface area contributed by atoms with E-state index in [0.29, 0.717) is 12.2 Å². The number of unbranched alkanes of at least 4 members (excludes halogenated alkanes) is 5. The van der Waals surface area contributed by atoms with E-state index in [1.807, 2.05) is 0 Å². The Morgan fingerprint density at radius 2 is 1.52 bits per heavy atom. The van der Waals surface area contributed by atoms with Crippen LogP contribution in [0.4, 0.5) is 0 Å². The first-order valence-corrected chi connectivity index (χ1v) is 10.7. The van der Waals surface area contributed by atoms with Crippen LogP contribution >= 0.6 is 0 Å². The minimum Gasteiger partial charge on any atom is -0.740 e. The number of carbonyl (C=O) groups is 1. The standard InChI is InChI=1S/C20H33NO5S/c1-4-5-6-7-8-9-16-21(2,3)17-10-11-20(22)25-18-12-14-19(15-13-18)26-27(23)24/h12-15H,4-11,16-17H2,1-3H3. The molecular formula is C20H33NO5S. The number of esters is 1. The molecular weight excluding hydrogens is 366 g/mol. The summed E-state index contributed by atoms with van der Waals surface area (Å²) in [5, 5.41) is 0. The maximum absolute atomic E-state index is 12.0. The molecule has 27 heavy (non-hydrogen) atoms. The van der Waals surface area contributed by atoms with E-state index in [-0.39, 0.29) is 11.7 Å². The second-order valence-corrected chi connectivity index (χ2v) is 8.06. The van der Waals surface area contributed by atoms with Crippen molar-refractivity contribution in [3.8, 4) is 11.5 Å². The normalized spacial score (nSPS) is 12.6. The molecule has 0 aliphatic heterocycles. The molecule has 0 spiro atoms. The van der Waals surface area contributed by atoms with Crippen molar-refractivity contribution in [1.82, 2.24) is 0 Å². The van der Waals surface area contributed by atoms with E-state index < -0.39 is 11.4 Å². The highest BCUT2D eigenvalue weighted by Gasteiger charge is 2.15. The molecule has 0 radical (unpaired) electrons. The van der Waals surface area contributed by atoms with Gasteiger partial charge in [0.1, 0.15) is 22.9 Å². The minimum atomic E-state index is -2.61. The van der Waals surface area contributed by atoms with Gasteiger partial charge in [-0.15, -0.1) is 0 Å². The molecule has 1 aromatic carbocycles. The Morgan fingerprint density at radius 1 is 0.963 bits per heavy atom. The van der Waals surface area contributed by atoms with Crippen molar-refractivity contribution in [1.29, 1.82) is 0 Å². The molecule has 0 aromatic heterocycles. The predicted molar refractivity (Wildman–Crippen MR) is 106 cm³/mol. The molecule has 6 nitrogen and oxygen atoms in total. The van der Waals surface area contributed by atoms with Crippen LogP contribution in [0.2, 0.25) is 0 Å². The average Bonchev–Trinajstić information content (AvgIpc) is 2.59. The summed E-state index contributed by atoms with van der Waals surface area (Å²) in [4.78, 5) is 12.0. The van der Waals surface area contributed by atoms with Crippen LogP contribution in [-0.4, -0.2) is 46.4 Å². The molecule has 0 heterocycles. The molecule has 0 aliphatic rings. The van der Waals surface area contributed by atoms with Crippen molar-refractivity contribution < 1.29 is 27.0 Å². The summed E-state index contributed by atoms with van der Waals surface area (Å²) in [5.41, 5.74) is 0. The van der Waals surface area contributed by atoms with Crippen LogP contribution in [0.1, 0.15) is 58.3 Å². The van der Waals surface area contributed by atoms with Gasteiger partial charge in [0.2, 0.25) is 0 Å². The maximum atomic E-state index is 12.0. The Labute approximate surface area is 165 Å². The lowest BCUT2D eigenvalue weighted by atomic mass is 10.1. The average molecular weight is 400 g/mol. The second-order valence-electron chi connectivity index (χ2n) is 7.49. The molecule has 0 amide bonds. The molecule has 1 rings (SSSR count). The Kier molecular flexibility index (Phi) is 11.2. The number of hydrogen-bond acceptors (Lipinski definition) is 5. The minimum absolute atomic E-state index is 0.178. The molecule has 1 atom stereocenters. The summed E-state index contributed by atoms with van der Waals surface area (Å²) < 4.78 is 31.6. The van der Waals surface area contributed by atoms with E-state index in [2.05, 4.69) is 25.2 Å². The van der Waals surface area contributed by atoms with Gasteiger partial charge < -0.3 is 18.0 Å². The fourth-order valence-electron chi connectivity index (χ4n) is 2.91. The zero-order valence-corrected chi connectivity index (χ0v) is 17.6. The first kappa shape index (κ1) is 23.6. The Morgan fingerprint density at radius 3 is 2.15 bits per heavy atom. The SMILES string of the molecule is CCCCCCCC[N+](C)(C)CCCC(=O)Oc1ccc(OS(=O)[O-])cc1. The highest BCUT2D eigenvalue weighted by atomic mass is 32.2. The van der Waals surface area contributed by atoms with Gasteiger partial charge >= 0.3 is 5.97 Å². The van der Waals surface area contributed by atoms with Crippen LogP contribution in [0.25, 0.3) is 0 Å². The van der Waals surface area contributed by atoms with E-state index in [4.69, 9.17) is 4.74 Å². The lowest BCUT2D eigenvalue weighted by Crippen LogP contribution is -2.41. The summed E-state index contributed by atoms with van der Waals surface area (Å²) in [5.74, 6) is 0.275. The largest absolute Gasteiger partial charge is 0.740 e.